The molecule has 0 saturated heterocycles. The Labute approximate surface area is 141 Å². The molecule has 0 amide bonds. The second kappa shape index (κ2) is 8.47. The zero-order valence-corrected chi connectivity index (χ0v) is 14.3. The fraction of sp³-hybridized carbons (Fsp3) is 0.500. The fourth-order valence-electron chi connectivity index (χ4n) is 2.44. The van der Waals surface area contributed by atoms with E-state index in [4.69, 9.17) is 9.84 Å². The Bertz CT molecular complexity index is 618. The molecule has 0 saturated carbocycles. The van der Waals surface area contributed by atoms with Gasteiger partial charge in [-0.3, -0.25) is 14.4 Å². The molecule has 0 aliphatic rings. The molecule has 1 aromatic rings. The summed E-state index contributed by atoms with van der Waals surface area (Å²) in [6.45, 7) is 5.46. The molecule has 0 atom stereocenters. The van der Waals surface area contributed by atoms with Crippen molar-refractivity contribution in [3.05, 3.63) is 29.3 Å². The first-order valence-electron chi connectivity index (χ1n) is 7.87. The number of phenolic OH excluding ortho intramolecular Hbond substituents is 1. The number of ketones is 1. The Morgan fingerprint density at radius 2 is 1.83 bits per heavy atom. The molecule has 2 N–H and O–H groups in total. The minimum atomic E-state index is -0.950. The topological polar surface area (TPSA) is 101 Å². The number of phenols is 1. The summed E-state index contributed by atoms with van der Waals surface area (Å²) in [4.78, 5) is 34.6. The molecule has 6 nitrogen and oxygen atoms in total. The lowest BCUT2D eigenvalue weighted by Crippen LogP contribution is -2.21. The van der Waals surface area contributed by atoms with Crippen molar-refractivity contribution >= 4 is 17.7 Å². The number of aryl methyl sites for hydroxylation is 1. The van der Waals surface area contributed by atoms with Crippen LogP contribution in [0.15, 0.2) is 18.2 Å². The van der Waals surface area contributed by atoms with Gasteiger partial charge in [-0.25, -0.2) is 0 Å². The van der Waals surface area contributed by atoms with Crippen LogP contribution in [0.2, 0.25) is 0 Å². The maximum atomic E-state index is 12.4. The predicted octanol–water partition coefficient (Wildman–Crippen LogP) is 2.96. The van der Waals surface area contributed by atoms with Gasteiger partial charge in [-0.05, 0) is 42.5 Å². The van der Waals surface area contributed by atoms with Gasteiger partial charge in [0.25, 0.3) is 0 Å². The highest BCUT2D eigenvalue weighted by Gasteiger charge is 2.26. The van der Waals surface area contributed by atoms with Crippen LogP contribution >= 0.6 is 0 Å². The fourth-order valence-corrected chi connectivity index (χ4v) is 2.44. The zero-order chi connectivity index (χ0) is 18.3. The number of rotatable bonds is 9. The van der Waals surface area contributed by atoms with Gasteiger partial charge < -0.3 is 14.9 Å². The largest absolute Gasteiger partial charge is 0.508 e. The summed E-state index contributed by atoms with van der Waals surface area (Å²) in [5, 5.41) is 18.8. The van der Waals surface area contributed by atoms with E-state index in [-0.39, 0.29) is 43.2 Å². The van der Waals surface area contributed by atoms with E-state index < -0.39 is 11.4 Å². The Hall–Kier alpha value is -2.37. The van der Waals surface area contributed by atoms with Crippen LogP contribution in [0, 0.1) is 5.41 Å². The molecule has 0 aliphatic heterocycles. The quantitative estimate of drug-likeness (QED) is 0.531. The van der Waals surface area contributed by atoms with Crippen LogP contribution in [0.1, 0.15) is 56.0 Å². The Balaban J connectivity index is 2.82. The highest BCUT2D eigenvalue weighted by Crippen LogP contribution is 2.28. The van der Waals surface area contributed by atoms with Crippen LogP contribution in [0.5, 0.6) is 5.75 Å². The second-order valence-corrected chi connectivity index (χ2v) is 6.48. The van der Waals surface area contributed by atoms with Crippen LogP contribution in [0.3, 0.4) is 0 Å². The van der Waals surface area contributed by atoms with Crippen molar-refractivity contribution < 1.29 is 29.3 Å². The molecule has 0 radical (unpaired) electrons. The average Bonchev–Trinajstić information content (AvgIpc) is 2.44. The minimum absolute atomic E-state index is 0.0145. The maximum absolute atomic E-state index is 12.4. The summed E-state index contributed by atoms with van der Waals surface area (Å²) in [5.41, 5.74) is 0.224. The van der Waals surface area contributed by atoms with E-state index in [0.717, 1.165) is 0 Å². The summed E-state index contributed by atoms with van der Waals surface area (Å²) >= 11 is 0. The molecule has 0 heterocycles. The lowest BCUT2D eigenvalue weighted by atomic mass is 9.82. The van der Waals surface area contributed by atoms with Crippen LogP contribution in [-0.4, -0.2) is 34.5 Å². The summed E-state index contributed by atoms with van der Waals surface area (Å²) in [6.07, 6.45) is 0.363. The van der Waals surface area contributed by atoms with Crippen molar-refractivity contribution in [2.45, 2.75) is 46.5 Å². The lowest BCUT2D eigenvalue weighted by Gasteiger charge is -2.21. The van der Waals surface area contributed by atoms with Crippen LogP contribution < -0.4 is 0 Å². The molecule has 0 spiro atoms. The van der Waals surface area contributed by atoms with Crippen LogP contribution in [-0.2, 0) is 20.7 Å². The Morgan fingerprint density at radius 3 is 2.42 bits per heavy atom. The van der Waals surface area contributed by atoms with E-state index >= 15 is 0 Å². The van der Waals surface area contributed by atoms with Gasteiger partial charge in [-0.1, -0.05) is 13.8 Å². The summed E-state index contributed by atoms with van der Waals surface area (Å²) < 4.78 is 4.84. The lowest BCUT2D eigenvalue weighted by molar-refractivity contribution is -0.143. The summed E-state index contributed by atoms with van der Waals surface area (Å²) in [5.74, 6) is -1.50. The second-order valence-electron chi connectivity index (χ2n) is 6.48. The zero-order valence-electron chi connectivity index (χ0n) is 14.3. The molecular formula is C18H24O6. The van der Waals surface area contributed by atoms with Crippen LogP contribution in [0.25, 0.3) is 0 Å². The minimum Gasteiger partial charge on any atom is -0.508 e. The molecule has 0 unspecified atom stereocenters. The smallest absolute Gasteiger partial charge is 0.306 e. The number of carboxylic acid groups (broad SMARTS) is 1. The number of aliphatic carboxylic acids is 1. The van der Waals surface area contributed by atoms with Crippen molar-refractivity contribution in [3.8, 4) is 5.75 Å². The average molecular weight is 336 g/mol. The first kappa shape index (κ1) is 19.7. The number of benzene rings is 1. The molecular weight excluding hydrogens is 312 g/mol. The van der Waals surface area contributed by atoms with E-state index in [2.05, 4.69) is 0 Å². The molecule has 6 heteroatoms. The third-order valence-corrected chi connectivity index (χ3v) is 3.57. The first-order chi connectivity index (χ1) is 11.1. The predicted molar refractivity (Wildman–Crippen MR) is 88.0 cm³/mol. The SMILES string of the molecule is CCOC(=O)CCc1cc(C(=O)CC(C)(C)CC(=O)O)ccc1O. The van der Waals surface area contributed by atoms with E-state index in [1.54, 1.807) is 26.8 Å². The number of hydrogen-bond acceptors (Lipinski definition) is 5. The monoisotopic (exact) mass is 336 g/mol. The first-order valence-corrected chi connectivity index (χ1v) is 7.87. The summed E-state index contributed by atoms with van der Waals surface area (Å²) in [6, 6.07) is 4.47. The molecule has 0 aromatic heterocycles. The Morgan fingerprint density at radius 1 is 1.17 bits per heavy atom. The van der Waals surface area contributed by atoms with Gasteiger partial charge in [-0.2, -0.15) is 0 Å². The van der Waals surface area contributed by atoms with Crippen molar-refractivity contribution in [1.29, 1.82) is 0 Å². The number of carbonyl (C=O) groups excluding carboxylic acids is 2. The van der Waals surface area contributed by atoms with Gasteiger partial charge in [-0.15, -0.1) is 0 Å². The number of ether oxygens (including phenoxy) is 1. The number of aromatic hydroxyl groups is 1. The van der Waals surface area contributed by atoms with Crippen molar-refractivity contribution in [1.82, 2.24) is 0 Å². The molecule has 0 aliphatic carbocycles. The molecule has 1 rings (SSSR count). The third kappa shape index (κ3) is 6.40. The molecule has 0 fully saturated rings. The number of carboxylic acids is 1. The molecule has 1 aromatic carbocycles. The van der Waals surface area contributed by atoms with Gasteiger partial charge in [0, 0.05) is 18.4 Å². The number of esters is 1. The van der Waals surface area contributed by atoms with Gasteiger partial charge in [0.15, 0.2) is 5.78 Å². The molecule has 0 bridgehead atoms. The number of carbonyl (C=O) groups is 3. The van der Waals surface area contributed by atoms with E-state index in [9.17, 15) is 19.5 Å². The normalized spacial score (nSPS) is 11.1. The standard InChI is InChI=1S/C18H24O6/c1-4-24-17(23)8-6-12-9-13(5-7-14(12)19)15(20)10-18(2,3)11-16(21)22/h5,7,9,19H,4,6,8,10-11H2,1-3H3,(H,21,22). The highest BCUT2D eigenvalue weighted by molar-refractivity contribution is 5.97. The van der Waals surface area contributed by atoms with Gasteiger partial charge in [0.1, 0.15) is 5.75 Å². The van der Waals surface area contributed by atoms with Crippen LogP contribution in [0.4, 0.5) is 0 Å². The molecule has 132 valence electrons. The van der Waals surface area contributed by atoms with Gasteiger partial charge in [0.2, 0.25) is 0 Å². The maximum Gasteiger partial charge on any atom is 0.306 e. The van der Waals surface area contributed by atoms with Gasteiger partial charge >= 0.3 is 11.9 Å². The Kier molecular flexibility index (Phi) is 6.95. The van der Waals surface area contributed by atoms with Crippen molar-refractivity contribution in [2.24, 2.45) is 5.41 Å². The van der Waals surface area contributed by atoms with Crippen molar-refractivity contribution in [2.75, 3.05) is 6.61 Å². The van der Waals surface area contributed by atoms with E-state index in [0.29, 0.717) is 17.7 Å². The third-order valence-electron chi connectivity index (χ3n) is 3.57. The van der Waals surface area contributed by atoms with E-state index in [1.807, 2.05) is 0 Å². The number of Topliss-reactive ketones (excluding diaryl/α,β-unsaturated/α-hetero) is 1. The van der Waals surface area contributed by atoms with E-state index in [1.165, 1.54) is 12.1 Å². The molecule has 24 heavy (non-hydrogen) atoms. The van der Waals surface area contributed by atoms with Crippen molar-refractivity contribution in [3.63, 3.8) is 0 Å². The summed E-state index contributed by atoms with van der Waals surface area (Å²) in [7, 11) is 0. The van der Waals surface area contributed by atoms with Gasteiger partial charge in [0.05, 0.1) is 13.0 Å². The number of hydrogen-bond donors (Lipinski definition) is 2. The highest BCUT2D eigenvalue weighted by atomic mass is 16.5.